The van der Waals surface area contributed by atoms with E-state index in [1.54, 1.807) is 24.5 Å². The zero-order valence-electron chi connectivity index (χ0n) is 17.4. The summed E-state index contributed by atoms with van der Waals surface area (Å²) < 4.78 is 6.50. The molecule has 0 atom stereocenters. The molecule has 162 valence electrons. The molecule has 2 aromatic carbocycles. The minimum atomic E-state index is -0.0652. The van der Waals surface area contributed by atoms with E-state index in [1.165, 1.54) is 0 Å². The van der Waals surface area contributed by atoms with Crippen LogP contribution in [0.3, 0.4) is 0 Å². The van der Waals surface area contributed by atoms with Gasteiger partial charge in [-0.05, 0) is 23.8 Å². The summed E-state index contributed by atoms with van der Waals surface area (Å²) >= 11 is 7.89. The van der Waals surface area contributed by atoms with Gasteiger partial charge in [-0.2, -0.15) is 0 Å². The number of methoxy groups -OCH3 is 1. The maximum Gasteiger partial charge on any atom is 0.244 e. The van der Waals surface area contributed by atoms with Crippen molar-refractivity contribution in [1.82, 2.24) is 15.2 Å². The number of fused-ring (bicyclic) bond motifs is 1. The second-order valence-corrected chi connectivity index (χ2v) is 8.70. The van der Waals surface area contributed by atoms with Crippen molar-refractivity contribution < 1.29 is 9.53 Å². The van der Waals surface area contributed by atoms with Crippen molar-refractivity contribution in [3.05, 3.63) is 59.1 Å². The highest BCUT2D eigenvalue weighted by atomic mass is 35.5. The molecule has 3 aromatic rings. The molecule has 6 nitrogen and oxygen atoms in total. The van der Waals surface area contributed by atoms with Crippen molar-refractivity contribution in [2.24, 2.45) is 0 Å². The first-order valence-electron chi connectivity index (χ1n) is 10.3. The molecule has 4 rings (SSSR count). The maximum atomic E-state index is 12.0. The van der Waals surface area contributed by atoms with Gasteiger partial charge in [-0.3, -0.25) is 9.69 Å². The normalized spacial score (nSPS) is 15.0. The lowest BCUT2D eigenvalue weighted by atomic mass is 10.2. The average Bonchev–Trinajstić information content (AvgIpc) is 3.23. The zero-order chi connectivity index (χ0) is 21.6. The van der Waals surface area contributed by atoms with Gasteiger partial charge in [0.2, 0.25) is 5.91 Å². The number of halogens is 1. The molecule has 1 N–H and O–H groups in total. The first-order chi connectivity index (χ1) is 15.1. The van der Waals surface area contributed by atoms with Crippen LogP contribution in [0, 0.1) is 0 Å². The number of hydrogen-bond acceptors (Lipinski definition) is 6. The van der Waals surface area contributed by atoms with Gasteiger partial charge in [0.05, 0.1) is 16.8 Å². The van der Waals surface area contributed by atoms with Crippen LogP contribution >= 0.6 is 22.9 Å². The van der Waals surface area contributed by atoms with Crippen LogP contribution in [-0.2, 0) is 4.79 Å². The van der Waals surface area contributed by atoms with E-state index in [-0.39, 0.29) is 5.91 Å². The Balaban J connectivity index is 1.24. The summed E-state index contributed by atoms with van der Waals surface area (Å²) in [5, 5.41) is 4.54. The number of piperazine rings is 1. The first kappa shape index (κ1) is 21.6. The van der Waals surface area contributed by atoms with Crippen molar-refractivity contribution in [2.75, 3.05) is 51.3 Å². The Bertz CT molecular complexity index is 1060. The highest BCUT2D eigenvalue weighted by Crippen LogP contribution is 2.38. The largest absolute Gasteiger partial charge is 0.493 e. The van der Waals surface area contributed by atoms with Gasteiger partial charge in [0.15, 0.2) is 10.9 Å². The van der Waals surface area contributed by atoms with Crippen molar-refractivity contribution in [2.45, 2.75) is 0 Å². The number of carbonyl (C=O) groups is 1. The molecule has 1 aromatic heterocycles. The Kier molecular flexibility index (Phi) is 7.06. The lowest BCUT2D eigenvalue weighted by Crippen LogP contribution is -2.48. The van der Waals surface area contributed by atoms with Gasteiger partial charge >= 0.3 is 0 Å². The van der Waals surface area contributed by atoms with Gasteiger partial charge in [0.25, 0.3) is 0 Å². The summed E-state index contributed by atoms with van der Waals surface area (Å²) in [6.07, 6.45) is 3.41. The molecule has 1 aliphatic rings. The molecular weight excluding hydrogens is 432 g/mol. The van der Waals surface area contributed by atoms with Gasteiger partial charge in [0.1, 0.15) is 5.52 Å². The molecule has 0 bridgehead atoms. The maximum absolute atomic E-state index is 12.0. The van der Waals surface area contributed by atoms with E-state index in [0.717, 1.165) is 53.6 Å². The Morgan fingerprint density at radius 2 is 1.97 bits per heavy atom. The molecule has 1 aliphatic heterocycles. The van der Waals surface area contributed by atoms with Crippen LogP contribution in [0.5, 0.6) is 5.75 Å². The third-order valence-electron chi connectivity index (χ3n) is 5.26. The van der Waals surface area contributed by atoms with E-state index < -0.39 is 0 Å². The fourth-order valence-electron chi connectivity index (χ4n) is 3.56. The lowest BCUT2D eigenvalue weighted by molar-refractivity contribution is -0.116. The number of carbonyl (C=O) groups excluding carboxylic acids is 1. The monoisotopic (exact) mass is 456 g/mol. The SMILES string of the molecule is COc1c(Cl)ccc2sc(N3CCN(CCNC(=O)/C=C/c4ccccc4)CC3)nc12. The molecule has 0 aliphatic carbocycles. The fraction of sp³-hybridized carbons (Fsp3) is 0.304. The van der Waals surface area contributed by atoms with E-state index in [2.05, 4.69) is 15.1 Å². The van der Waals surface area contributed by atoms with Gasteiger partial charge in [-0.1, -0.05) is 53.3 Å². The molecule has 8 heteroatoms. The molecule has 1 saturated heterocycles. The van der Waals surface area contributed by atoms with Crippen molar-refractivity contribution >= 4 is 50.3 Å². The smallest absolute Gasteiger partial charge is 0.244 e. The Hall–Kier alpha value is -2.61. The molecule has 0 unspecified atom stereocenters. The van der Waals surface area contributed by atoms with Crippen molar-refractivity contribution in [1.29, 1.82) is 0 Å². The number of ether oxygens (including phenoxy) is 1. The summed E-state index contributed by atoms with van der Waals surface area (Å²) in [5.74, 6) is 0.571. The molecule has 31 heavy (non-hydrogen) atoms. The van der Waals surface area contributed by atoms with E-state index in [1.807, 2.05) is 48.5 Å². The molecule has 0 radical (unpaired) electrons. The topological polar surface area (TPSA) is 57.7 Å². The lowest BCUT2D eigenvalue weighted by Gasteiger charge is -2.34. The van der Waals surface area contributed by atoms with Crippen LogP contribution in [0.4, 0.5) is 5.13 Å². The van der Waals surface area contributed by atoms with E-state index in [9.17, 15) is 4.79 Å². The van der Waals surface area contributed by atoms with E-state index >= 15 is 0 Å². The van der Waals surface area contributed by atoms with Gasteiger partial charge < -0.3 is 15.0 Å². The minimum Gasteiger partial charge on any atom is -0.493 e. The minimum absolute atomic E-state index is 0.0652. The second kappa shape index (κ2) is 10.1. The van der Waals surface area contributed by atoms with Crippen LogP contribution < -0.4 is 15.0 Å². The highest BCUT2D eigenvalue weighted by Gasteiger charge is 2.21. The molecule has 1 amide bonds. The van der Waals surface area contributed by atoms with Gasteiger partial charge in [0, 0.05) is 45.3 Å². The van der Waals surface area contributed by atoms with Crippen LogP contribution in [0.25, 0.3) is 16.3 Å². The summed E-state index contributed by atoms with van der Waals surface area (Å²) in [7, 11) is 1.62. The number of thiazole rings is 1. The van der Waals surface area contributed by atoms with Crippen LogP contribution in [-0.4, -0.2) is 62.2 Å². The molecule has 0 spiro atoms. The summed E-state index contributed by atoms with van der Waals surface area (Å²) in [4.78, 5) is 21.4. The zero-order valence-corrected chi connectivity index (χ0v) is 19.0. The summed E-state index contributed by atoms with van der Waals surface area (Å²) in [5.41, 5.74) is 1.84. The number of rotatable bonds is 7. The Morgan fingerprint density at radius 3 is 2.71 bits per heavy atom. The predicted molar refractivity (Wildman–Crippen MR) is 128 cm³/mol. The van der Waals surface area contributed by atoms with Gasteiger partial charge in [-0.25, -0.2) is 4.98 Å². The number of anilines is 1. The van der Waals surface area contributed by atoms with Crippen LogP contribution in [0.1, 0.15) is 5.56 Å². The Labute approximate surface area is 191 Å². The van der Waals surface area contributed by atoms with E-state index in [4.69, 9.17) is 21.3 Å². The number of nitrogens with zero attached hydrogens (tertiary/aromatic N) is 3. The molecular formula is C23H25ClN4O2S. The number of hydrogen-bond donors (Lipinski definition) is 1. The third kappa shape index (κ3) is 5.36. The molecule has 1 fully saturated rings. The fourth-order valence-corrected chi connectivity index (χ4v) is 4.80. The highest BCUT2D eigenvalue weighted by molar-refractivity contribution is 7.22. The van der Waals surface area contributed by atoms with Crippen molar-refractivity contribution in [3.8, 4) is 5.75 Å². The number of benzene rings is 2. The average molecular weight is 457 g/mol. The third-order valence-corrected chi connectivity index (χ3v) is 6.64. The number of nitrogens with one attached hydrogen (secondary N) is 1. The quantitative estimate of drug-likeness (QED) is 0.546. The van der Waals surface area contributed by atoms with Gasteiger partial charge in [-0.15, -0.1) is 0 Å². The Morgan fingerprint density at radius 1 is 1.19 bits per heavy atom. The summed E-state index contributed by atoms with van der Waals surface area (Å²) in [6, 6.07) is 13.7. The van der Waals surface area contributed by atoms with Crippen LogP contribution in [0.15, 0.2) is 48.5 Å². The summed E-state index contributed by atoms with van der Waals surface area (Å²) in [6.45, 7) is 5.14. The van der Waals surface area contributed by atoms with E-state index in [0.29, 0.717) is 17.3 Å². The number of aromatic nitrogens is 1. The predicted octanol–water partition coefficient (Wildman–Crippen LogP) is 3.91. The number of amides is 1. The second-order valence-electron chi connectivity index (χ2n) is 7.29. The standard InChI is InChI=1S/C23H25ClN4O2S/c1-30-22-18(24)8-9-19-21(22)26-23(31-19)28-15-13-27(14-16-28)12-11-25-20(29)10-7-17-5-3-2-4-6-17/h2-10H,11-16H2,1H3,(H,25,29)/b10-7+. The molecule has 2 heterocycles. The van der Waals surface area contributed by atoms with Crippen molar-refractivity contribution in [3.63, 3.8) is 0 Å². The van der Waals surface area contributed by atoms with Crippen LogP contribution in [0.2, 0.25) is 5.02 Å². The first-order valence-corrected chi connectivity index (χ1v) is 11.4. The molecule has 0 saturated carbocycles.